The number of carbonyl (C=O) groups is 1. The van der Waals surface area contributed by atoms with Crippen molar-refractivity contribution in [3.63, 3.8) is 0 Å². The average molecular weight is 165 g/mol. The maximum Gasteiger partial charge on any atom is 0.153 e. The van der Waals surface area contributed by atoms with Crippen LogP contribution in [0.5, 0.6) is 5.75 Å². The summed E-state index contributed by atoms with van der Waals surface area (Å²) in [6, 6.07) is 5.33. The fraction of sp³-hybridized carbons (Fsp3) is 0.222. The van der Waals surface area contributed by atoms with E-state index in [2.05, 4.69) is 5.32 Å². The highest BCUT2D eigenvalue weighted by molar-refractivity contribution is 5.80. The molecule has 0 aromatic heterocycles. The number of hydrogen-bond acceptors (Lipinski definition) is 3. The summed E-state index contributed by atoms with van der Waals surface area (Å²) in [6.45, 7) is 0. The molecule has 3 nitrogen and oxygen atoms in total. The molecular formula is C9H11NO2. The molecule has 0 fully saturated rings. The number of carbonyl (C=O) groups excluding carboxylic acids is 1. The molecule has 0 saturated heterocycles. The Hall–Kier alpha value is -1.51. The van der Waals surface area contributed by atoms with Crippen molar-refractivity contribution in [2.45, 2.75) is 0 Å². The molecule has 0 bridgehead atoms. The Morgan fingerprint density at radius 2 is 2.25 bits per heavy atom. The Balaban J connectivity index is 3.10. The van der Waals surface area contributed by atoms with Gasteiger partial charge in [-0.2, -0.15) is 0 Å². The van der Waals surface area contributed by atoms with Crippen LogP contribution >= 0.6 is 0 Å². The zero-order valence-corrected chi connectivity index (χ0v) is 7.13. The molecule has 3 heteroatoms. The Labute approximate surface area is 71.4 Å². The molecule has 0 unspecified atom stereocenters. The van der Waals surface area contributed by atoms with Gasteiger partial charge in [0.1, 0.15) is 5.75 Å². The van der Waals surface area contributed by atoms with Crippen molar-refractivity contribution in [3.05, 3.63) is 23.8 Å². The van der Waals surface area contributed by atoms with Crippen molar-refractivity contribution in [3.8, 4) is 5.75 Å². The van der Waals surface area contributed by atoms with Crippen molar-refractivity contribution in [2.75, 3.05) is 19.5 Å². The lowest BCUT2D eigenvalue weighted by atomic mass is 10.2. The van der Waals surface area contributed by atoms with Gasteiger partial charge < -0.3 is 10.1 Å². The Bertz CT molecular complexity index is 284. The number of methoxy groups -OCH3 is 1. The second kappa shape index (κ2) is 3.76. The molecule has 0 aliphatic rings. The molecular weight excluding hydrogens is 154 g/mol. The van der Waals surface area contributed by atoms with E-state index in [0.29, 0.717) is 11.3 Å². The second-order valence-electron chi connectivity index (χ2n) is 2.32. The van der Waals surface area contributed by atoms with E-state index in [4.69, 9.17) is 4.74 Å². The summed E-state index contributed by atoms with van der Waals surface area (Å²) in [5, 5.41) is 2.96. The maximum absolute atomic E-state index is 10.5. The number of aldehydes is 1. The summed E-state index contributed by atoms with van der Waals surface area (Å²) in [4.78, 5) is 10.5. The largest absolute Gasteiger partial charge is 0.496 e. The first-order chi connectivity index (χ1) is 5.81. The Kier molecular flexibility index (Phi) is 2.69. The number of benzene rings is 1. The normalized spacial score (nSPS) is 9.17. The van der Waals surface area contributed by atoms with E-state index in [-0.39, 0.29) is 0 Å². The predicted molar refractivity (Wildman–Crippen MR) is 47.9 cm³/mol. The Morgan fingerprint density at radius 3 is 2.75 bits per heavy atom. The minimum absolute atomic E-state index is 0.566. The van der Waals surface area contributed by atoms with E-state index in [9.17, 15) is 4.79 Å². The van der Waals surface area contributed by atoms with Gasteiger partial charge in [-0.15, -0.1) is 0 Å². The van der Waals surface area contributed by atoms with Gasteiger partial charge in [0.15, 0.2) is 6.29 Å². The van der Waals surface area contributed by atoms with Gasteiger partial charge in [0.05, 0.1) is 12.7 Å². The lowest BCUT2D eigenvalue weighted by Gasteiger charge is -2.05. The van der Waals surface area contributed by atoms with E-state index in [1.807, 2.05) is 13.1 Å². The van der Waals surface area contributed by atoms with Crippen LogP contribution in [0.2, 0.25) is 0 Å². The van der Waals surface area contributed by atoms with Gasteiger partial charge in [-0.05, 0) is 12.1 Å². The molecule has 0 aliphatic heterocycles. The van der Waals surface area contributed by atoms with Gasteiger partial charge in [-0.3, -0.25) is 4.79 Å². The van der Waals surface area contributed by atoms with Crippen LogP contribution in [0, 0.1) is 0 Å². The van der Waals surface area contributed by atoms with Gasteiger partial charge in [-0.25, -0.2) is 0 Å². The lowest BCUT2D eigenvalue weighted by molar-refractivity contribution is 0.112. The minimum Gasteiger partial charge on any atom is -0.496 e. The number of nitrogens with one attached hydrogen (secondary N) is 1. The molecule has 1 N–H and O–H groups in total. The second-order valence-corrected chi connectivity index (χ2v) is 2.32. The molecule has 0 saturated carbocycles. The van der Waals surface area contributed by atoms with Crippen LogP contribution in [0.15, 0.2) is 18.2 Å². The van der Waals surface area contributed by atoms with Crippen LogP contribution in [-0.4, -0.2) is 20.4 Å². The van der Waals surface area contributed by atoms with E-state index in [1.165, 1.54) is 0 Å². The first-order valence-corrected chi connectivity index (χ1v) is 3.62. The zero-order chi connectivity index (χ0) is 8.97. The summed E-state index contributed by atoms with van der Waals surface area (Å²) in [5.41, 5.74) is 1.49. The van der Waals surface area contributed by atoms with Crippen LogP contribution in [0.3, 0.4) is 0 Å². The predicted octanol–water partition coefficient (Wildman–Crippen LogP) is 1.55. The average Bonchev–Trinajstić information content (AvgIpc) is 2.16. The molecule has 0 atom stereocenters. The van der Waals surface area contributed by atoms with E-state index < -0.39 is 0 Å². The fourth-order valence-electron chi connectivity index (χ4n) is 0.964. The summed E-state index contributed by atoms with van der Waals surface area (Å²) < 4.78 is 5.01. The third-order valence-electron chi connectivity index (χ3n) is 1.65. The highest BCUT2D eigenvalue weighted by Gasteiger charge is 2.01. The molecule has 0 heterocycles. The zero-order valence-electron chi connectivity index (χ0n) is 7.13. The number of rotatable bonds is 3. The summed E-state index contributed by atoms with van der Waals surface area (Å²) in [7, 11) is 3.36. The minimum atomic E-state index is 0.566. The topological polar surface area (TPSA) is 38.3 Å². The summed E-state index contributed by atoms with van der Waals surface area (Å²) in [6.07, 6.45) is 0.776. The smallest absolute Gasteiger partial charge is 0.153 e. The first-order valence-electron chi connectivity index (χ1n) is 3.62. The van der Waals surface area contributed by atoms with E-state index in [1.54, 1.807) is 19.2 Å². The van der Waals surface area contributed by atoms with E-state index >= 15 is 0 Å². The van der Waals surface area contributed by atoms with Crippen LogP contribution in [-0.2, 0) is 0 Å². The molecule has 0 amide bonds. The van der Waals surface area contributed by atoms with Crippen LogP contribution < -0.4 is 10.1 Å². The van der Waals surface area contributed by atoms with Crippen molar-refractivity contribution in [1.82, 2.24) is 0 Å². The molecule has 1 aromatic rings. The van der Waals surface area contributed by atoms with Crippen LogP contribution in [0.4, 0.5) is 5.69 Å². The van der Waals surface area contributed by atoms with Crippen molar-refractivity contribution in [1.29, 1.82) is 0 Å². The molecule has 12 heavy (non-hydrogen) atoms. The molecule has 0 aliphatic carbocycles. The lowest BCUT2D eigenvalue weighted by Crippen LogP contribution is -1.93. The maximum atomic E-state index is 10.5. The number of hydrogen-bond donors (Lipinski definition) is 1. The SMILES string of the molecule is CNc1ccc(C=O)c(OC)c1. The van der Waals surface area contributed by atoms with Crippen LogP contribution in [0.1, 0.15) is 10.4 Å². The van der Waals surface area contributed by atoms with Gasteiger partial charge >= 0.3 is 0 Å². The third-order valence-corrected chi connectivity index (χ3v) is 1.65. The quantitative estimate of drug-likeness (QED) is 0.690. The molecule has 0 spiro atoms. The van der Waals surface area contributed by atoms with E-state index in [0.717, 1.165) is 12.0 Å². The first kappa shape index (κ1) is 8.59. The summed E-state index contributed by atoms with van der Waals surface area (Å²) >= 11 is 0. The van der Waals surface area contributed by atoms with Crippen molar-refractivity contribution < 1.29 is 9.53 Å². The van der Waals surface area contributed by atoms with Crippen molar-refractivity contribution in [2.24, 2.45) is 0 Å². The monoisotopic (exact) mass is 165 g/mol. The van der Waals surface area contributed by atoms with Gasteiger partial charge in [0.25, 0.3) is 0 Å². The highest BCUT2D eigenvalue weighted by atomic mass is 16.5. The Morgan fingerprint density at radius 1 is 1.50 bits per heavy atom. The van der Waals surface area contributed by atoms with Gasteiger partial charge in [0, 0.05) is 18.8 Å². The third kappa shape index (κ3) is 1.56. The number of anilines is 1. The standard InChI is InChI=1S/C9H11NO2/c1-10-8-4-3-7(6-11)9(5-8)12-2/h3-6,10H,1-2H3. The van der Waals surface area contributed by atoms with Crippen LogP contribution in [0.25, 0.3) is 0 Å². The molecule has 0 radical (unpaired) electrons. The highest BCUT2D eigenvalue weighted by Crippen LogP contribution is 2.20. The molecule has 64 valence electrons. The molecule has 1 rings (SSSR count). The fourth-order valence-corrected chi connectivity index (χ4v) is 0.964. The van der Waals surface area contributed by atoms with Gasteiger partial charge in [-0.1, -0.05) is 0 Å². The van der Waals surface area contributed by atoms with Crippen molar-refractivity contribution >= 4 is 12.0 Å². The van der Waals surface area contributed by atoms with Gasteiger partial charge in [0.2, 0.25) is 0 Å². The number of ether oxygens (including phenoxy) is 1. The summed E-state index contributed by atoms with van der Waals surface area (Å²) in [5.74, 6) is 0.594. The molecule has 1 aromatic carbocycles.